The molecule has 3 N–H and O–H groups in total. The zero-order valence-electron chi connectivity index (χ0n) is 10.3. The maximum absolute atomic E-state index is 11.9. The van der Waals surface area contributed by atoms with Crippen molar-refractivity contribution in [3.05, 3.63) is 41.4 Å². The Hall–Kier alpha value is -1.52. The number of halogens is 1. The molecule has 1 amide bonds. The molecule has 1 aromatic carbocycles. The molecule has 1 aromatic rings. The van der Waals surface area contributed by atoms with Crippen molar-refractivity contribution in [2.75, 3.05) is 7.05 Å². The van der Waals surface area contributed by atoms with Gasteiger partial charge in [-0.05, 0) is 17.7 Å². The largest absolute Gasteiger partial charge is 0.508 e. The van der Waals surface area contributed by atoms with Gasteiger partial charge in [-0.15, -0.1) is 0 Å². The van der Waals surface area contributed by atoms with E-state index in [-0.39, 0.29) is 18.1 Å². The summed E-state index contributed by atoms with van der Waals surface area (Å²) in [4.78, 5) is 13.4. The van der Waals surface area contributed by atoms with Crippen LogP contribution in [0.25, 0.3) is 0 Å². The van der Waals surface area contributed by atoms with E-state index in [0.29, 0.717) is 11.6 Å². The maximum Gasteiger partial charge on any atom is 0.239 e. The predicted molar refractivity (Wildman–Crippen MR) is 72.2 cm³/mol. The number of aromatic hydroxyl groups is 1. The van der Waals surface area contributed by atoms with Crippen molar-refractivity contribution < 1.29 is 9.90 Å². The zero-order valence-corrected chi connectivity index (χ0v) is 11.0. The fraction of sp³-hybridized carbons (Fsp3) is 0.308. The van der Waals surface area contributed by atoms with E-state index < -0.39 is 6.04 Å². The molecule has 0 aliphatic rings. The number of hydrogen-bond donors (Lipinski definition) is 2. The molecule has 1 atom stereocenters. The van der Waals surface area contributed by atoms with Gasteiger partial charge < -0.3 is 15.7 Å². The molecule has 0 heterocycles. The summed E-state index contributed by atoms with van der Waals surface area (Å²) in [5.74, 6) is -0.0353. The van der Waals surface area contributed by atoms with Crippen molar-refractivity contribution >= 4 is 17.5 Å². The van der Waals surface area contributed by atoms with Crippen molar-refractivity contribution in [2.45, 2.75) is 19.0 Å². The van der Waals surface area contributed by atoms with E-state index >= 15 is 0 Å². The highest BCUT2D eigenvalue weighted by molar-refractivity contribution is 6.29. The molecule has 98 valence electrons. The number of phenolic OH excluding ortho intramolecular Hbond substituents is 1. The lowest BCUT2D eigenvalue weighted by molar-refractivity contribution is -0.131. The molecule has 5 heteroatoms. The van der Waals surface area contributed by atoms with Crippen LogP contribution in [0.15, 0.2) is 35.9 Å². The summed E-state index contributed by atoms with van der Waals surface area (Å²) >= 11 is 5.62. The normalized spacial score (nSPS) is 11.9. The molecule has 0 radical (unpaired) electrons. The molecule has 0 aliphatic carbocycles. The number of nitrogens with two attached hydrogens (primary N) is 1. The third-order valence-corrected chi connectivity index (χ3v) is 2.62. The molecular formula is C13H17ClN2O2. The second kappa shape index (κ2) is 6.42. The van der Waals surface area contributed by atoms with Crippen LogP contribution in [0.1, 0.15) is 12.0 Å². The van der Waals surface area contributed by atoms with Gasteiger partial charge in [0.05, 0.1) is 6.04 Å². The van der Waals surface area contributed by atoms with E-state index in [1.54, 1.807) is 25.2 Å². The highest BCUT2D eigenvalue weighted by Crippen LogP contribution is 2.14. The Morgan fingerprint density at radius 3 is 2.83 bits per heavy atom. The van der Waals surface area contributed by atoms with Crippen LogP contribution in [0, 0.1) is 0 Å². The fourth-order valence-electron chi connectivity index (χ4n) is 1.62. The minimum absolute atomic E-state index is 0.173. The Morgan fingerprint density at radius 2 is 2.28 bits per heavy atom. The number of carbonyl (C=O) groups is 1. The van der Waals surface area contributed by atoms with Gasteiger partial charge in [-0.3, -0.25) is 4.79 Å². The van der Waals surface area contributed by atoms with Gasteiger partial charge in [0.2, 0.25) is 5.91 Å². The molecule has 0 saturated carbocycles. The summed E-state index contributed by atoms with van der Waals surface area (Å²) in [7, 11) is 1.66. The Labute approximate surface area is 112 Å². The molecule has 4 nitrogen and oxygen atoms in total. The SMILES string of the molecule is C=C(Cl)CC(N)C(=O)N(C)Cc1cccc(O)c1. The van der Waals surface area contributed by atoms with E-state index in [1.165, 1.54) is 4.90 Å². The lowest BCUT2D eigenvalue weighted by Gasteiger charge is -2.21. The van der Waals surface area contributed by atoms with Gasteiger partial charge in [0.25, 0.3) is 0 Å². The first-order chi connectivity index (χ1) is 8.40. The van der Waals surface area contributed by atoms with Crippen molar-refractivity contribution in [1.82, 2.24) is 4.90 Å². The van der Waals surface area contributed by atoms with Crippen molar-refractivity contribution in [3.63, 3.8) is 0 Å². The van der Waals surface area contributed by atoms with Gasteiger partial charge in [0, 0.05) is 25.0 Å². The van der Waals surface area contributed by atoms with Crippen molar-refractivity contribution in [1.29, 1.82) is 0 Å². The van der Waals surface area contributed by atoms with E-state index in [4.69, 9.17) is 17.3 Å². The second-order valence-electron chi connectivity index (χ2n) is 4.19. The smallest absolute Gasteiger partial charge is 0.239 e. The second-order valence-corrected chi connectivity index (χ2v) is 4.73. The number of rotatable bonds is 5. The van der Waals surface area contributed by atoms with Crippen molar-refractivity contribution in [3.8, 4) is 5.75 Å². The molecule has 0 fully saturated rings. The summed E-state index contributed by atoms with van der Waals surface area (Å²) in [5.41, 5.74) is 6.55. The van der Waals surface area contributed by atoms with Crippen LogP contribution in [0.4, 0.5) is 0 Å². The summed E-state index contributed by atoms with van der Waals surface area (Å²) in [6.45, 7) is 3.90. The first kappa shape index (κ1) is 14.5. The lowest BCUT2D eigenvalue weighted by Crippen LogP contribution is -2.41. The summed E-state index contributed by atoms with van der Waals surface area (Å²) in [6.07, 6.45) is 0.255. The number of likely N-dealkylation sites (N-methyl/N-ethyl adjacent to an activating group) is 1. The molecule has 0 spiro atoms. The number of amides is 1. The van der Waals surface area contributed by atoms with E-state index in [9.17, 15) is 9.90 Å². The van der Waals surface area contributed by atoms with Gasteiger partial charge in [0.1, 0.15) is 5.75 Å². The Balaban J connectivity index is 2.62. The van der Waals surface area contributed by atoms with Gasteiger partial charge in [-0.1, -0.05) is 30.3 Å². The molecule has 0 bridgehead atoms. The predicted octanol–water partition coefficient (Wildman–Crippen LogP) is 1.82. The summed E-state index contributed by atoms with van der Waals surface area (Å²) in [5, 5.41) is 9.70. The number of carbonyl (C=O) groups excluding carboxylic acids is 1. The molecule has 0 saturated heterocycles. The van der Waals surface area contributed by atoms with Gasteiger partial charge in [0.15, 0.2) is 0 Å². The Kier molecular flexibility index (Phi) is 5.19. The number of phenols is 1. The van der Waals surface area contributed by atoms with Crippen LogP contribution in [0.2, 0.25) is 0 Å². The Bertz CT molecular complexity index is 448. The van der Waals surface area contributed by atoms with Gasteiger partial charge in [-0.25, -0.2) is 0 Å². The van der Waals surface area contributed by atoms with Gasteiger partial charge in [-0.2, -0.15) is 0 Å². The first-order valence-corrected chi connectivity index (χ1v) is 5.89. The van der Waals surface area contributed by atoms with Crippen LogP contribution in [-0.2, 0) is 11.3 Å². The number of nitrogens with zero attached hydrogens (tertiary/aromatic N) is 1. The molecule has 1 unspecified atom stereocenters. The van der Waals surface area contributed by atoms with Crippen LogP contribution >= 0.6 is 11.6 Å². The lowest BCUT2D eigenvalue weighted by atomic mass is 10.1. The molecule has 0 aromatic heterocycles. The zero-order chi connectivity index (χ0) is 13.7. The van der Waals surface area contributed by atoms with Crippen LogP contribution in [-0.4, -0.2) is 29.0 Å². The third kappa shape index (κ3) is 4.39. The fourth-order valence-corrected chi connectivity index (χ4v) is 1.78. The average Bonchev–Trinajstić information content (AvgIpc) is 2.27. The number of benzene rings is 1. The summed E-state index contributed by atoms with van der Waals surface area (Å²) in [6, 6.07) is 6.06. The average molecular weight is 269 g/mol. The van der Waals surface area contributed by atoms with Gasteiger partial charge >= 0.3 is 0 Å². The topological polar surface area (TPSA) is 66.6 Å². The van der Waals surface area contributed by atoms with Crippen LogP contribution in [0.3, 0.4) is 0 Å². The highest BCUT2D eigenvalue weighted by atomic mass is 35.5. The monoisotopic (exact) mass is 268 g/mol. The highest BCUT2D eigenvalue weighted by Gasteiger charge is 2.18. The molecule has 18 heavy (non-hydrogen) atoms. The van der Waals surface area contributed by atoms with E-state index in [0.717, 1.165) is 5.56 Å². The van der Waals surface area contributed by atoms with E-state index in [2.05, 4.69) is 6.58 Å². The van der Waals surface area contributed by atoms with Crippen LogP contribution in [0.5, 0.6) is 5.75 Å². The van der Waals surface area contributed by atoms with E-state index in [1.807, 2.05) is 6.07 Å². The van der Waals surface area contributed by atoms with Crippen molar-refractivity contribution in [2.24, 2.45) is 5.73 Å². The quantitative estimate of drug-likeness (QED) is 0.856. The Morgan fingerprint density at radius 1 is 1.61 bits per heavy atom. The minimum Gasteiger partial charge on any atom is -0.508 e. The maximum atomic E-state index is 11.9. The first-order valence-electron chi connectivity index (χ1n) is 5.52. The standard InChI is InChI=1S/C13H17ClN2O2/c1-9(14)6-12(15)13(18)16(2)8-10-4-3-5-11(17)7-10/h3-5,7,12,17H,1,6,8,15H2,2H3. The number of hydrogen-bond acceptors (Lipinski definition) is 3. The molecule has 0 aliphatic heterocycles. The molecular weight excluding hydrogens is 252 g/mol. The molecule has 1 rings (SSSR count). The van der Waals surface area contributed by atoms with Crippen LogP contribution < -0.4 is 5.73 Å². The minimum atomic E-state index is -0.683. The summed E-state index contributed by atoms with van der Waals surface area (Å²) < 4.78 is 0. The third-order valence-electron chi connectivity index (χ3n) is 2.47.